The highest BCUT2D eigenvalue weighted by atomic mass is 32.2. The summed E-state index contributed by atoms with van der Waals surface area (Å²) in [6.45, 7) is 2.14. The molecule has 2 nitrogen and oxygen atoms in total. The highest BCUT2D eigenvalue weighted by Crippen LogP contribution is 2.23. The Hall–Kier alpha value is -2.05. The van der Waals surface area contributed by atoms with Gasteiger partial charge >= 0.3 is 0 Å². The number of carbonyl (C=O) groups is 1. The van der Waals surface area contributed by atoms with Gasteiger partial charge < -0.3 is 0 Å². The Balaban J connectivity index is 2.05. The topological polar surface area (TPSA) is 40.9 Å². The van der Waals surface area contributed by atoms with E-state index in [0.717, 1.165) is 17.7 Å². The minimum atomic E-state index is 0.0257. The molecule has 2 aromatic carbocycles. The summed E-state index contributed by atoms with van der Waals surface area (Å²) in [6, 6.07) is 16.9. The molecule has 0 fully saturated rings. The summed E-state index contributed by atoms with van der Waals surface area (Å²) >= 11 is 1.19. The monoisotopic (exact) mass is 281 g/mol. The molecule has 3 heteroatoms. The van der Waals surface area contributed by atoms with Crippen LogP contribution in [0.3, 0.4) is 0 Å². The fraction of sp³-hybridized carbons (Fsp3) is 0.176. The zero-order chi connectivity index (χ0) is 14.4. The molecule has 0 aromatic heterocycles. The normalized spacial score (nSPS) is 10.0. The lowest BCUT2D eigenvalue weighted by molar-refractivity contribution is 0.108. The third-order valence-corrected chi connectivity index (χ3v) is 3.85. The van der Waals surface area contributed by atoms with Crippen LogP contribution < -0.4 is 0 Å². The van der Waals surface area contributed by atoms with Gasteiger partial charge in [-0.15, -0.1) is 0 Å². The van der Waals surface area contributed by atoms with Gasteiger partial charge in [0.25, 0.3) is 0 Å². The SMILES string of the molecule is CCCc1ccc(C(=O)Sc2ccc(C#N)cc2)cc1. The summed E-state index contributed by atoms with van der Waals surface area (Å²) in [4.78, 5) is 13.0. The second-order valence-electron chi connectivity index (χ2n) is 4.47. The van der Waals surface area contributed by atoms with Crippen LogP contribution >= 0.6 is 11.8 Å². The first-order chi connectivity index (χ1) is 9.72. The largest absolute Gasteiger partial charge is 0.281 e. The predicted molar refractivity (Wildman–Crippen MR) is 81.8 cm³/mol. The molecule has 0 bridgehead atoms. The highest BCUT2D eigenvalue weighted by Gasteiger charge is 2.08. The van der Waals surface area contributed by atoms with Crippen LogP contribution in [-0.4, -0.2) is 5.12 Å². The molecule has 0 N–H and O–H groups in total. The van der Waals surface area contributed by atoms with Gasteiger partial charge in [0.2, 0.25) is 5.12 Å². The van der Waals surface area contributed by atoms with Crippen molar-refractivity contribution in [1.29, 1.82) is 5.26 Å². The molecule has 0 atom stereocenters. The van der Waals surface area contributed by atoms with Crippen LogP contribution in [0.1, 0.15) is 34.8 Å². The van der Waals surface area contributed by atoms with E-state index in [2.05, 4.69) is 13.0 Å². The van der Waals surface area contributed by atoms with Crippen molar-refractivity contribution in [2.45, 2.75) is 24.7 Å². The van der Waals surface area contributed by atoms with Gasteiger partial charge in [0.05, 0.1) is 11.6 Å². The number of aryl methyl sites for hydroxylation is 1. The summed E-state index contributed by atoms with van der Waals surface area (Å²) in [5, 5.41) is 8.76. The van der Waals surface area contributed by atoms with E-state index in [9.17, 15) is 4.79 Å². The molecule has 0 aliphatic heterocycles. The van der Waals surface area contributed by atoms with Crippen molar-refractivity contribution in [1.82, 2.24) is 0 Å². The Morgan fingerprint density at radius 1 is 1.10 bits per heavy atom. The van der Waals surface area contributed by atoms with Crippen LogP contribution in [0, 0.1) is 11.3 Å². The smallest absolute Gasteiger partial charge is 0.224 e. The molecule has 0 unspecified atom stereocenters. The predicted octanol–water partition coefficient (Wildman–Crippen LogP) is 4.44. The molecule has 2 aromatic rings. The summed E-state index contributed by atoms with van der Waals surface area (Å²) in [5.74, 6) is 0. The minimum Gasteiger partial charge on any atom is -0.281 e. The maximum atomic E-state index is 12.1. The van der Waals surface area contributed by atoms with Crippen LogP contribution in [0.4, 0.5) is 0 Å². The van der Waals surface area contributed by atoms with E-state index in [0.29, 0.717) is 11.1 Å². The van der Waals surface area contributed by atoms with E-state index in [1.165, 1.54) is 17.3 Å². The Morgan fingerprint density at radius 2 is 1.75 bits per heavy atom. The van der Waals surface area contributed by atoms with Crippen molar-refractivity contribution in [3.05, 3.63) is 65.2 Å². The third-order valence-electron chi connectivity index (χ3n) is 2.92. The summed E-state index contributed by atoms with van der Waals surface area (Å²) in [6.07, 6.45) is 2.14. The summed E-state index contributed by atoms with van der Waals surface area (Å²) in [5.41, 5.74) is 2.57. The lowest BCUT2D eigenvalue weighted by atomic mass is 10.1. The second-order valence-corrected chi connectivity index (χ2v) is 5.52. The van der Waals surface area contributed by atoms with Gasteiger partial charge in [0.15, 0.2) is 0 Å². The quantitative estimate of drug-likeness (QED) is 0.778. The molecule has 20 heavy (non-hydrogen) atoms. The third kappa shape index (κ3) is 3.72. The molecule has 0 aliphatic carbocycles. The maximum absolute atomic E-state index is 12.1. The number of rotatable bonds is 4. The Kier molecular flexibility index (Phi) is 4.97. The molecule has 0 radical (unpaired) electrons. The van der Waals surface area contributed by atoms with Crippen LogP contribution in [0.25, 0.3) is 0 Å². The van der Waals surface area contributed by atoms with Crippen molar-refractivity contribution in [3.8, 4) is 6.07 Å². The van der Waals surface area contributed by atoms with Crippen LogP contribution in [0.5, 0.6) is 0 Å². The number of hydrogen-bond donors (Lipinski definition) is 0. The number of thioether (sulfide) groups is 1. The van der Waals surface area contributed by atoms with Gasteiger partial charge in [-0.2, -0.15) is 5.26 Å². The number of carbonyl (C=O) groups excluding carboxylic acids is 1. The molecule has 0 saturated carbocycles. The molecular formula is C17H15NOS. The van der Waals surface area contributed by atoms with E-state index in [1.807, 2.05) is 24.3 Å². The van der Waals surface area contributed by atoms with Crippen molar-refractivity contribution in [2.24, 2.45) is 0 Å². The number of benzene rings is 2. The Morgan fingerprint density at radius 3 is 2.30 bits per heavy atom. The van der Waals surface area contributed by atoms with Gasteiger partial charge in [-0.1, -0.05) is 37.6 Å². The average Bonchev–Trinajstić information content (AvgIpc) is 2.49. The molecular weight excluding hydrogens is 266 g/mol. The Bertz CT molecular complexity index is 624. The molecule has 2 rings (SSSR count). The molecule has 0 aliphatic rings. The summed E-state index contributed by atoms with van der Waals surface area (Å²) < 4.78 is 0. The molecule has 0 spiro atoms. The van der Waals surface area contributed by atoms with Crippen molar-refractivity contribution in [3.63, 3.8) is 0 Å². The van der Waals surface area contributed by atoms with E-state index < -0.39 is 0 Å². The van der Waals surface area contributed by atoms with E-state index in [-0.39, 0.29) is 5.12 Å². The molecule has 0 amide bonds. The zero-order valence-corrected chi connectivity index (χ0v) is 12.1. The van der Waals surface area contributed by atoms with Gasteiger partial charge in [-0.3, -0.25) is 4.79 Å². The van der Waals surface area contributed by atoms with Crippen LogP contribution in [0.15, 0.2) is 53.4 Å². The first-order valence-electron chi connectivity index (χ1n) is 6.54. The number of nitriles is 1. The summed E-state index contributed by atoms with van der Waals surface area (Å²) in [7, 11) is 0. The van der Waals surface area contributed by atoms with Gasteiger partial charge in [-0.25, -0.2) is 0 Å². The van der Waals surface area contributed by atoms with Crippen LogP contribution in [0.2, 0.25) is 0 Å². The van der Waals surface area contributed by atoms with Crippen molar-refractivity contribution >= 4 is 16.9 Å². The molecule has 0 saturated heterocycles. The van der Waals surface area contributed by atoms with Gasteiger partial charge in [0.1, 0.15) is 0 Å². The molecule has 0 heterocycles. The van der Waals surface area contributed by atoms with Crippen LogP contribution in [-0.2, 0) is 6.42 Å². The second kappa shape index (κ2) is 6.93. The number of hydrogen-bond acceptors (Lipinski definition) is 3. The average molecular weight is 281 g/mol. The first kappa shape index (κ1) is 14.4. The lowest BCUT2D eigenvalue weighted by Crippen LogP contribution is -1.94. The maximum Gasteiger partial charge on any atom is 0.224 e. The van der Waals surface area contributed by atoms with Gasteiger partial charge in [-0.05, 0) is 48.0 Å². The first-order valence-corrected chi connectivity index (χ1v) is 7.36. The van der Waals surface area contributed by atoms with E-state index in [1.54, 1.807) is 24.3 Å². The zero-order valence-electron chi connectivity index (χ0n) is 11.3. The molecule has 100 valence electrons. The van der Waals surface area contributed by atoms with Gasteiger partial charge in [0, 0.05) is 10.5 Å². The lowest BCUT2D eigenvalue weighted by Gasteiger charge is -2.03. The van der Waals surface area contributed by atoms with E-state index >= 15 is 0 Å². The minimum absolute atomic E-state index is 0.0257. The van der Waals surface area contributed by atoms with E-state index in [4.69, 9.17) is 5.26 Å². The standard InChI is InChI=1S/C17H15NOS/c1-2-3-13-4-8-15(9-5-13)17(19)20-16-10-6-14(12-18)7-11-16/h4-11H,2-3H2,1H3. The van der Waals surface area contributed by atoms with Crippen molar-refractivity contribution < 1.29 is 4.79 Å². The van der Waals surface area contributed by atoms with Crippen molar-refractivity contribution in [2.75, 3.05) is 0 Å². The highest BCUT2D eigenvalue weighted by molar-refractivity contribution is 8.14. The fourth-order valence-corrected chi connectivity index (χ4v) is 2.60. The Labute approximate surface area is 123 Å². The fourth-order valence-electron chi connectivity index (χ4n) is 1.86. The number of nitrogens with zero attached hydrogens (tertiary/aromatic N) is 1.